The molecule has 0 aliphatic rings. The first kappa shape index (κ1) is 33.2. The molecule has 0 saturated heterocycles. The fraction of sp³-hybridized carbons (Fsp3) is 0.189. The van der Waals surface area contributed by atoms with E-state index in [0.717, 1.165) is 28.8 Å². The van der Waals surface area contributed by atoms with Crippen molar-refractivity contribution in [2.24, 2.45) is 0 Å². The summed E-state index contributed by atoms with van der Waals surface area (Å²) < 4.78 is 3.14. The van der Waals surface area contributed by atoms with Crippen molar-refractivity contribution in [3.05, 3.63) is 122 Å². The molecule has 0 N–H and O–H groups in total. The van der Waals surface area contributed by atoms with Crippen LogP contribution in [0.1, 0.15) is 44.2 Å². The van der Waals surface area contributed by atoms with Crippen molar-refractivity contribution in [1.29, 1.82) is 0 Å². The molecule has 44 heavy (non-hydrogen) atoms. The number of hydrogen-bond acceptors (Lipinski definition) is 5. The lowest BCUT2D eigenvalue weighted by atomic mass is 10.1. The first-order valence-electron chi connectivity index (χ1n) is 14.6. The highest BCUT2D eigenvalue weighted by Gasteiger charge is 2.16. The summed E-state index contributed by atoms with van der Waals surface area (Å²) in [5.74, 6) is 1.02. The second kappa shape index (κ2) is 16.4. The Morgan fingerprint density at radius 1 is 0.682 bits per heavy atom. The molecular weight excluding hydrogens is 546 g/mol. The first-order chi connectivity index (χ1) is 21.2. The highest BCUT2D eigenvalue weighted by atomic mass is 16.2. The van der Waals surface area contributed by atoms with Crippen LogP contribution >= 0.6 is 0 Å². The van der Waals surface area contributed by atoms with Crippen LogP contribution < -0.4 is 0 Å². The summed E-state index contributed by atoms with van der Waals surface area (Å²) >= 11 is 0. The van der Waals surface area contributed by atoms with Gasteiger partial charge in [-0.1, -0.05) is 104 Å². The van der Waals surface area contributed by atoms with Crippen LogP contribution in [0.5, 0.6) is 0 Å². The van der Waals surface area contributed by atoms with Gasteiger partial charge in [0.25, 0.3) is 0 Å². The fourth-order valence-corrected chi connectivity index (χ4v) is 4.04. The lowest BCUT2D eigenvalue weighted by Crippen LogP contribution is -2.06. The van der Waals surface area contributed by atoms with Gasteiger partial charge in [0.15, 0.2) is 0 Å². The zero-order chi connectivity index (χ0) is 32.1. The van der Waals surface area contributed by atoms with E-state index in [4.69, 9.17) is 9.97 Å². The van der Waals surface area contributed by atoms with Crippen LogP contribution in [-0.2, 0) is 0 Å². The van der Waals surface area contributed by atoms with Gasteiger partial charge in [-0.15, -0.1) is 0 Å². The zero-order valence-corrected chi connectivity index (χ0v) is 26.4. The Hall–Kier alpha value is -5.30. The lowest BCUT2D eigenvalue weighted by Gasteiger charge is -2.06. The maximum absolute atomic E-state index is 12.2. The van der Waals surface area contributed by atoms with E-state index in [0.29, 0.717) is 23.0 Å². The highest BCUT2D eigenvalue weighted by Crippen LogP contribution is 2.29. The SMILES string of the molecule is C/C=C\C.C=CN(C)CC.CC(=O)n1cc(-c2ccc(-c3cn(C(C)=O)c(-c4ccccc4)n3)cc2)nc1-c1ccccc1. The summed E-state index contributed by atoms with van der Waals surface area (Å²) in [6.07, 6.45) is 9.33. The lowest BCUT2D eigenvalue weighted by molar-refractivity contribution is 0.0929. The summed E-state index contributed by atoms with van der Waals surface area (Å²) in [5.41, 5.74) is 4.94. The van der Waals surface area contributed by atoms with Crippen LogP contribution in [-0.4, -0.2) is 49.4 Å². The Kier molecular flexibility index (Phi) is 12.4. The summed E-state index contributed by atoms with van der Waals surface area (Å²) in [4.78, 5) is 35.9. The Bertz CT molecular complexity index is 1560. The molecule has 0 saturated carbocycles. The molecule has 2 heterocycles. The van der Waals surface area contributed by atoms with Crippen LogP contribution in [0.3, 0.4) is 0 Å². The van der Waals surface area contributed by atoms with E-state index < -0.39 is 0 Å². The quantitative estimate of drug-likeness (QED) is 0.186. The molecule has 3 aromatic carbocycles. The minimum absolute atomic E-state index is 0.0996. The van der Waals surface area contributed by atoms with Crippen molar-refractivity contribution in [3.63, 3.8) is 0 Å². The van der Waals surface area contributed by atoms with Crippen molar-refractivity contribution in [3.8, 4) is 45.3 Å². The molecule has 7 heteroatoms. The minimum Gasteiger partial charge on any atom is -0.381 e. The number of hydrogen-bond donors (Lipinski definition) is 0. The number of imidazole rings is 2. The van der Waals surface area contributed by atoms with Crippen molar-refractivity contribution >= 4 is 11.8 Å². The maximum atomic E-state index is 12.2. The largest absolute Gasteiger partial charge is 0.381 e. The van der Waals surface area contributed by atoms with Gasteiger partial charge in [-0.05, 0) is 27.0 Å². The van der Waals surface area contributed by atoms with E-state index in [-0.39, 0.29) is 11.8 Å². The Balaban J connectivity index is 0.000000461. The molecule has 0 radical (unpaired) electrons. The molecule has 7 nitrogen and oxygen atoms in total. The van der Waals surface area contributed by atoms with Gasteiger partial charge in [0, 0.05) is 62.1 Å². The number of nitrogens with zero attached hydrogens (tertiary/aromatic N) is 5. The molecule has 2 aromatic heterocycles. The second-order valence-corrected chi connectivity index (χ2v) is 9.91. The van der Waals surface area contributed by atoms with Crippen molar-refractivity contribution in [1.82, 2.24) is 24.0 Å². The van der Waals surface area contributed by atoms with Gasteiger partial charge in [0.1, 0.15) is 11.6 Å². The second-order valence-electron chi connectivity index (χ2n) is 9.91. The van der Waals surface area contributed by atoms with Gasteiger partial charge in [-0.3, -0.25) is 18.7 Å². The van der Waals surface area contributed by atoms with Crippen LogP contribution in [0.2, 0.25) is 0 Å². The summed E-state index contributed by atoms with van der Waals surface area (Å²) in [6.45, 7) is 13.7. The molecule has 0 unspecified atom stereocenters. The molecule has 0 spiro atoms. The molecular formula is C37H41N5O2. The van der Waals surface area contributed by atoms with Crippen LogP contribution in [0.25, 0.3) is 45.3 Å². The molecule has 226 valence electrons. The van der Waals surface area contributed by atoms with Gasteiger partial charge in [-0.25, -0.2) is 9.97 Å². The third-order valence-electron chi connectivity index (χ3n) is 6.77. The van der Waals surface area contributed by atoms with Gasteiger partial charge >= 0.3 is 0 Å². The molecule has 0 fully saturated rings. The van der Waals surface area contributed by atoms with E-state index >= 15 is 0 Å². The van der Waals surface area contributed by atoms with Crippen molar-refractivity contribution in [2.75, 3.05) is 13.6 Å². The number of carbonyl (C=O) groups excluding carboxylic acids is 2. The molecule has 0 amide bonds. The minimum atomic E-state index is -0.0996. The van der Waals surface area contributed by atoms with Crippen LogP contribution in [0.15, 0.2) is 122 Å². The van der Waals surface area contributed by atoms with E-state index in [1.165, 1.54) is 13.8 Å². The Morgan fingerprint density at radius 3 is 1.30 bits per heavy atom. The van der Waals surface area contributed by atoms with Crippen molar-refractivity contribution < 1.29 is 9.59 Å². The molecule has 0 atom stereocenters. The zero-order valence-electron chi connectivity index (χ0n) is 26.4. The van der Waals surface area contributed by atoms with Crippen LogP contribution in [0.4, 0.5) is 0 Å². The number of benzene rings is 3. The average Bonchev–Trinajstić information content (AvgIpc) is 3.72. The van der Waals surface area contributed by atoms with E-state index in [2.05, 4.69) is 13.5 Å². The monoisotopic (exact) mass is 587 g/mol. The smallest absolute Gasteiger partial charge is 0.229 e. The Morgan fingerprint density at radius 2 is 1.05 bits per heavy atom. The number of rotatable bonds is 6. The average molecular weight is 588 g/mol. The molecule has 5 rings (SSSR count). The van der Waals surface area contributed by atoms with Gasteiger partial charge in [0.05, 0.1) is 11.4 Å². The normalized spacial score (nSPS) is 10.3. The topological polar surface area (TPSA) is 73.0 Å². The number of aromatic nitrogens is 4. The number of allylic oxidation sites excluding steroid dienone is 2. The summed E-state index contributed by atoms with van der Waals surface area (Å²) in [7, 11) is 1.99. The van der Waals surface area contributed by atoms with Crippen molar-refractivity contribution in [2.45, 2.75) is 34.6 Å². The number of carbonyl (C=O) groups is 2. The van der Waals surface area contributed by atoms with Gasteiger partial charge in [0.2, 0.25) is 11.8 Å². The third kappa shape index (κ3) is 8.61. The maximum Gasteiger partial charge on any atom is 0.229 e. The molecule has 0 bridgehead atoms. The fourth-order valence-electron chi connectivity index (χ4n) is 4.04. The summed E-state index contributed by atoms with van der Waals surface area (Å²) in [5, 5.41) is 0. The predicted molar refractivity (Wildman–Crippen MR) is 181 cm³/mol. The van der Waals surface area contributed by atoms with Gasteiger partial charge < -0.3 is 4.90 Å². The van der Waals surface area contributed by atoms with Gasteiger partial charge in [-0.2, -0.15) is 0 Å². The first-order valence-corrected chi connectivity index (χ1v) is 14.6. The van der Waals surface area contributed by atoms with Crippen LogP contribution in [0, 0.1) is 0 Å². The van der Waals surface area contributed by atoms with E-state index in [1.54, 1.807) is 27.7 Å². The highest BCUT2D eigenvalue weighted by molar-refractivity contribution is 5.84. The molecule has 0 aliphatic heterocycles. The standard InChI is InChI=1S/C28H22N4O2.C5H11N.C4H8/c1-19(33)31-17-25(29-27(31)23-9-5-3-6-10-23)21-13-15-22(16-14-21)26-18-32(20(2)34)28(30-26)24-11-7-4-8-12-24;1-4-6(3)5-2;1-3-4-2/h3-18H,1-2H3;4H,1,5H2,2-3H3;3-4H,1-2H3/b;;4-3-. The van der Waals surface area contributed by atoms with E-state index in [1.807, 2.05) is 123 Å². The summed E-state index contributed by atoms with van der Waals surface area (Å²) in [6, 6.07) is 27.1. The van der Waals surface area contributed by atoms with E-state index in [9.17, 15) is 9.59 Å². The molecule has 0 aliphatic carbocycles. The Labute approximate surface area is 260 Å². The molecule has 5 aromatic rings. The third-order valence-corrected chi connectivity index (χ3v) is 6.77. The predicted octanol–water partition coefficient (Wildman–Crippen LogP) is 8.73.